The van der Waals surface area contributed by atoms with Crippen molar-refractivity contribution in [2.45, 2.75) is 0 Å². The Hall–Kier alpha value is -2.96. The lowest BCUT2D eigenvalue weighted by Gasteiger charge is -2.09. The molecule has 0 unspecified atom stereocenters. The van der Waals surface area contributed by atoms with Crippen LogP contribution in [0.2, 0.25) is 0 Å². The minimum Gasteiger partial charge on any atom is -0.480 e. The van der Waals surface area contributed by atoms with E-state index in [2.05, 4.69) is 15.0 Å². The van der Waals surface area contributed by atoms with Gasteiger partial charge in [0.1, 0.15) is 11.3 Å². The molecule has 106 valence electrons. The Labute approximate surface area is 120 Å². The number of pyridine rings is 1. The molecule has 0 atom stereocenters. The molecule has 3 heterocycles. The highest BCUT2D eigenvalue weighted by molar-refractivity contribution is 5.75. The first-order valence-electron chi connectivity index (χ1n) is 6.14. The molecule has 0 radical (unpaired) electrons. The van der Waals surface area contributed by atoms with Gasteiger partial charge in [0.05, 0.1) is 26.0 Å². The van der Waals surface area contributed by atoms with Crippen LogP contribution in [0.15, 0.2) is 30.7 Å². The van der Waals surface area contributed by atoms with Crippen LogP contribution in [0.5, 0.6) is 11.9 Å². The molecule has 21 heavy (non-hydrogen) atoms. The number of methoxy groups -OCH3 is 2. The minimum absolute atomic E-state index is 0.230. The van der Waals surface area contributed by atoms with E-state index < -0.39 is 0 Å². The lowest BCUT2D eigenvalue weighted by molar-refractivity contribution is 0.111. The lowest BCUT2D eigenvalue weighted by atomic mass is 10.1. The van der Waals surface area contributed by atoms with Gasteiger partial charge in [-0.2, -0.15) is 4.98 Å². The molecular weight excluding hydrogens is 272 g/mol. The maximum Gasteiger partial charge on any atom is 0.319 e. The smallest absolute Gasteiger partial charge is 0.319 e. The second kappa shape index (κ2) is 5.20. The summed E-state index contributed by atoms with van der Waals surface area (Å²) in [6, 6.07) is 3.91. The fraction of sp³-hybridized carbons (Fsp3) is 0.143. The Morgan fingerprint density at radius 3 is 2.71 bits per heavy atom. The molecule has 0 aromatic carbocycles. The van der Waals surface area contributed by atoms with Gasteiger partial charge in [0.25, 0.3) is 0 Å². The van der Waals surface area contributed by atoms with Crippen LogP contribution in [0.3, 0.4) is 0 Å². The van der Waals surface area contributed by atoms with Crippen molar-refractivity contribution in [2.24, 2.45) is 0 Å². The van der Waals surface area contributed by atoms with Crippen molar-refractivity contribution in [3.63, 3.8) is 0 Å². The van der Waals surface area contributed by atoms with Crippen LogP contribution in [-0.2, 0) is 0 Å². The molecule has 7 heteroatoms. The molecule has 0 aliphatic rings. The maximum atomic E-state index is 11.0. The number of hydrogen-bond acceptors (Lipinski definition) is 6. The second-order valence-electron chi connectivity index (χ2n) is 4.23. The number of carbonyl (C=O) groups excluding carboxylic acids is 1. The molecule has 7 nitrogen and oxygen atoms in total. The fourth-order valence-corrected chi connectivity index (χ4v) is 2.05. The highest BCUT2D eigenvalue weighted by Gasteiger charge is 2.12. The number of fused-ring (bicyclic) bond motifs is 1. The molecule has 0 saturated heterocycles. The van der Waals surface area contributed by atoms with E-state index in [9.17, 15) is 4.79 Å². The van der Waals surface area contributed by atoms with Crippen LogP contribution < -0.4 is 9.47 Å². The molecule has 0 spiro atoms. The summed E-state index contributed by atoms with van der Waals surface area (Å²) in [6.45, 7) is 0. The number of aromatic nitrogens is 4. The first-order chi connectivity index (χ1) is 10.3. The number of carbonyl (C=O) groups is 1. The number of rotatable bonds is 4. The van der Waals surface area contributed by atoms with Gasteiger partial charge in [0.15, 0.2) is 6.29 Å². The van der Waals surface area contributed by atoms with Crippen LogP contribution in [0, 0.1) is 0 Å². The third-order valence-corrected chi connectivity index (χ3v) is 3.07. The highest BCUT2D eigenvalue weighted by atomic mass is 16.5. The average Bonchev–Trinajstić information content (AvgIpc) is 2.96. The van der Waals surface area contributed by atoms with Crippen molar-refractivity contribution in [1.82, 2.24) is 19.4 Å². The molecule has 3 rings (SSSR count). The topological polar surface area (TPSA) is 78.6 Å². The molecule has 0 aliphatic carbocycles. The van der Waals surface area contributed by atoms with Gasteiger partial charge in [-0.05, 0) is 12.1 Å². The minimum atomic E-state index is 0.230. The van der Waals surface area contributed by atoms with Gasteiger partial charge in [-0.3, -0.25) is 9.20 Å². The first-order valence-corrected chi connectivity index (χ1v) is 6.14. The predicted octanol–water partition coefficient (Wildman–Crippen LogP) is 1.62. The summed E-state index contributed by atoms with van der Waals surface area (Å²) in [5, 5.41) is 0. The molecule has 0 aliphatic heterocycles. The van der Waals surface area contributed by atoms with E-state index in [-0.39, 0.29) is 6.01 Å². The molecule has 3 aromatic heterocycles. The predicted molar refractivity (Wildman–Crippen MR) is 74.7 cm³/mol. The van der Waals surface area contributed by atoms with Crippen molar-refractivity contribution < 1.29 is 14.3 Å². The van der Waals surface area contributed by atoms with Crippen molar-refractivity contribution >= 4 is 11.9 Å². The monoisotopic (exact) mass is 284 g/mol. The Morgan fingerprint density at radius 2 is 2.00 bits per heavy atom. The van der Waals surface area contributed by atoms with Crippen molar-refractivity contribution in [1.29, 1.82) is 0 Å². The fourth-order valence-electron chi connectivity index (χ4n) is 2.05. The zero-order valence-corrected chi connectivity index (χ0v) is 11.5. The van der Waals surface area contributed by atoms with Crippen molar-refractivity contribution in [3.8, 4) is 23.0 Å². The van der Waals surface area contributed by atoms with Crippen LogP contribution >= 0.6 is 0 Å². The normalized spacial score (nSPS) is 10.6. The molecular formula is C14H12N4O3. The SMILES string of the molecule is COc1ncc(-c2ccc3ncc(C=O)n3c2)c(OC)n1. The van der Waals surface area contributed by atoms with Gasteiger partial charge >= 0.3 is 6.01 Å². The maximum absolute atomic E-state index is 11.0. The van der Waals surface area contributed by atoms with Gasteiger partial charge in [-0.1, -0.05) is 0 Å². The van der Waals surface area contributed by atoms with E-state index in [0.717, 1.165) is 11.8 Å². The molecule has 3 aromatic rings. The van der Waals surface area contributed by atoms with Gasteiger partial charge in [0, 0.05) is 18.0 Å². The van der Waals surface area contributed by atoms with Crippen LogP contribution in [0.25, 0.3) is 16.8 Å². The van der Waals surface area contributed by atoms with Crippen molar-refractivity contribution in [2.75, 3.05) is 14.2 Å². The Bertz CT molecular complexity index is 813. The van der Waals surface area contributed by atoms with E-state index in [0.29, 0.717) is 22.8 Å². The quantitative estimate of drug-likeness (QED) is 0.677. The first kappa shape index (κ1) is 13.0. The molecule has 0 fully saturated rings. The van der Waals surface area contributed by atoms with E-state index in [4.69, 9.17) is 9.47 Å². The Kier molecular flexibility index (Phi) is 3.23. The highest BCUT2D eigenvalue weighted by Crippen LogP contribution is 2.29. The third kappa shape index (κ3) is 2.18. The lowest BCUT2D eigenvalue weighted by Crippen LogP contribution is -1.98. The summed E-state index contributed by atoms with van der Waals surface area (Å²) in [5.41, 5.74) is 2.67. The number of ether oxygens (including phenoxy) is 2. The largest absolute Gasteiger partial charge is 0.480 e. The van der Waals surface area contributed by atoms with Crippen LogP contribution in [0.4, 0.5) is 0 Å². The Morgan fingerprint density at radius 1 is 1.14 bits per heavy atom. The van der Waals surface area contributed by atoms with E-state index >= 15 is 0 Å². The number of imidazole rings is 1. The van der Waals surface area contributed by atoms with E-state index in [1.54, 1.807) is 16.8 Å². The zero-order chi connectivity index (χ0) is 14.8. The van der Waals surface area contributed by atoms with Crippen LogP contribution in [0.1, 0.15) is 10.5 Å². The molecule has 0 amide bonds. The summed E-state index contributed by atoms with van der Waals surface area (Å²) >= 11 is 0. The number of nitrogens with zero attached hydrogens (tertiary/aromatic N) is 4. The number of aldehydes is 1. The molecule has 0 N–H and O–H groups in total. The van der Waals surface area contributed by atoms with Gasteiger partial charge in [-0.15, -0.1) is 0 Å². The van der Waals surface area contributed by atoms with Crippen molar-refractivity contribution in [3.05, 3.63) is 36.4 Å². The summed E-state index contributed by atoms with van der Waals surface area (Å²) in [7, 11) is 3.01. The summed E-state index contributed by atoms with van der Waals surface area (Å²) in [5.74, 6) is 0.397. The van der Waals surface area contributed by atoms with Gasteiger partial charge in [0.2, 0.25) is 5.88 Å². The number of hydrogen-bond donors (Lipinski definition) is 0. The Balaban J connectivity index is 2.17. The molecule has 0 saturated carbocycles. The zero-order valence-electron chi connectivity index (χ0n) is 11.5. The van der Waals surface area contributed by atoms with E-state index in [1.807, 2.05) is 12.1 Å². The summed E-state index contributed by atoms with van der Waals surface area (Å²) in [4.78, 5) is 23.4. The second-order valence-corrected chi connectivity index (χ2v) is 4.23. The molecule has 0 bridgehead atoms. The van der Waals surface area contributed by atoms with Gasteiger partial charge < -0.3 is 9.47 Å². The average molecular weight is 284 g/mol. The summed E-state index contributed by atoms with van der Waals surface area (Å²) in [6.07, 6.45) is 5.68. The summed E-state index contributed by atoms with van der Waals surface area (Å²) < 4.78 is 11.9. The van der Waals surface area contributed by atoms with Gasteiger partial charge in [-0.25, -0.2) is 9.97 Å². The van der Waals surface area contributed by atoms with Crippen LogP contribution in [-0.4, -0.2) is 39.9 Å². The standard InChI is InChI=1S/C14H12N4O3/c1-20-13-11(6-16-14(17-13)21-2)9-3-4-12-15-5-10(8-19)18(12)7-9/h3-8H,1-2H3. The van der Waals surface area contributed by atoms with E-state index in [1.165, 1.54) is 20.4 Å². The third-order valence-electron chi connectivity index (χ3n) is 3.07.